The molecule has 136 valence electrons. The largest absolute Gasteiger partial charge is 0.477 e. The third-order valence-electron chi connectivity index (χ3n) is 5.74. The first-order chi connectivity index (χ1) is 12.1. The topological polar surface area (TPSA) is 70.1 Å². The molecule has 0 aromatic carbocycles. The lowest BCUT2D eigenvalue weighted by Crippen LogP contribution is -2.48. The summed E-state index contributed by atoms with van der Waals surface area (Å²) in [5.74, 6) is -0.560. The second-order valence-corrected chi connectivity index (χ2v) is 8.31. The maximum Gasteiger partial charge on any atom is 0.345 e. The number of aromatic carboxylic acids is 1. The Hall–Kier alpha value is -1.44. The zero-order valence-electron chi connectivity index (χ0n) is 14.3. The SMILES string of the molecule is O=C(O)c1cc2c(s1)CCOC21CCN(CCN2CCCC2=O)CC1. The number of fused-ring (bicyclic) bond motifs is 2. The normalized spacial score (nSPS) is 23.2. The van der Waals surface area contributed by atoms with Crippen LogP contribution in [0.15, 0.2) is 6.07 Å². The van der Waals surface area contributed by atoms with Gasteiger partial charge >= 0.3 is 5.97 Å². The first-order valence-corrected chi connectivity index (χ1v) is 9.90. The summed E-state index contributed by atoms with van der Waals surface area (Å²) < 4.78 is 6.19. The average Bonchev–Trinajstić information content (AvgIpc) is 3.22. The van der Waals surface area contributed by atoms with Crippen molar-refractivity contribution in [3.05, 3.63) is 21.4 Å². The number of carbonyl (C=O) groups is 2. The van der Waals surface area contributed by atoms with Gasteiger partial charge in [-0.2, -0.15) is 0 Å². The van der Waals surface area contributed by atoms with Gasteiger partial charge in [-0.25, -0.2) is 4.79 Å². The average molecular weight is 364 g/mol. The van der Waals surface area contributed by atoms with Gasteiger partial charge in [-0.3, -0.25) is 4.79 Å². The highest BCUT2D eigenvalue weighted by molar-refractivity contribution is 7.14. The van der Waals surface area contributed by atoms with Crippen LogP contribution in [0.4, 0.5) is 0 Å². The number of likely N-dealkylation sites (tertiary alicyclic amines) is 2. The van der Waals surface area contributed by atoms with Gasteiger partial charge in [-0.1, -0.05) is 0 Å². The Morgan fingerprint density at radius 3 is 2.72 bits per heavy atom. The van der Waals surface area contributed by atoms with Crippen LogP contribution in [0.3, 0.4) is 0 Å². The molecule has 3 aliphatic rings. The van der Waals surface area contributed by atoms with Gasteiger partial charge in [-0.05, 0) is 30.9 Å². The first-order valence-electron chi connectivity index (χ1n) is 9.08. The number of hydrogen-bond donors (Lipinski definition) is 1. The Kier molecular flexibility index (Phi) is 4.56. The minimum atomic E-state index is -0.845. The molecule has 1 N–H and O–H groups in total. The standard InChI is InChI=1S/C18H24N2O4S/c21-16-2-1-6-20(16)10-9-19-7-4-18(5-8-19)13-12-15(17(22)23)25-14(13)3-11-24-18/h12H,1-11H2,(H,22,23). The predicted octanol–water partition coefficient (Wildman–Crippen LogP) is 1.93. The van der Waals surface area contributed by atoms with Gasteiger partial charge < -0.3 is 19.6 Å². The van der Waals surface area contributed by atoms with Gasteiger partial charge in [0.05, 0.1) is 12.2 Å². The van der Waals surface area contributed by atoms with E-state index in [-0.39, 0.29) is 11.5 Å². The molecule has 4 heterocycles. The molecule has 2 fully saturated rings. The lowest BCUT2D eigenvalue weighted by atomic mass is 9.82. The van der Waals surface area contributed by atoms with E-state index in [0.29, 0.717) is 17.9 Å². The monoisotopic (exact) mass is 364 g/mol. The fraction of sp³-hybridized carbons (Fsp3) is 0.667. The molecule has 1 aromatic heterocycles. The van der Waals surface area contributed by atoms with E-state index in [1.54, 1.807) is 0 Å². The van der Waals surface area contributed by atoms with Crippen LogP contribution in [0, 0.1) is 0 Å². The summed E-state index contributed by atoms with van der Waals surface area (Å²) in [6.07, 6.45) is 4.29. The highest BCUT2D eigenvalue weighted by Gasteiger charge is 2.42. The zero-order valence-corrected chi connectivity index (χ0v) is 15.1. The van der Waals surface area contributed by atoms with Crippen LogP contribution in [0.25, 0.3) is 0 Å². The summed E-state index contributed by atoms with van der Waals surface area (Å²) in [6.45, 7) is 5.17. The van der Waals surface area contributed by atoms with E-state index in [2.05, 4.69) is 4.90 Å². The summed E-state index contributed by atoms with van der Waals surface area (Å²) in [5.41, 5.74) is 0.799. The molecular weight excluding hydrogens is 340 g/mol. The van der Waals surface area contributed by atoms with Crippen LogP contribution >= 0.6 is 11.3 Å². The molecule has 4 rings (SSSR count). The highest BCUT2D eigenvalue weighted by Crippen LogP contribution is 2.44. The van der Waals surface area contributed by atoms with E-state index >= 15 is 0 Å². The third kappa shape index (κ3) is 3.20. The molecule has 0 saturated carbocycles. The van der Waals surface area contributed by atoms with Crippen molar-refractivity contribution in [3.8, 4) is 0 Å². The number of hydrogen-bond acceptors (Lipinski definition) is 5. The molecule has 6 nitrogen and oxygen atoms in total. The quantitative estimate of drug-likeness (QED) is 0.884. The Labute approximate surface area is 151 Å². The van der Waals surface area contributed by atoms with Crippen molar-refractivity contribution in [2.45, 2.75) is 37.7 Å². The van der Waals surface area contributed by atoms with Crippen LogP contribution in [-0.4, -0.2) is 66.1 Å². The van der Waals surface area contributed by atoms with Crippen LogP contribution in [0.5, 0.6) is 0 Å². The molecule has 3 aliphatic heterocycles. The second kappa shape index (κ2) is 6.70. The maximum atomic E-state index is 11.7. The smallest absolute Gasteiger partial charge is 0.345 e. The first kappa shape index (κ1) is 17.0. The van der Waals surface area contributed by atoms with Crippen LogP contribution in [0.2, 0.25) is 0 Å². The number of nitrogens with zero attached hydrogens (tertiary/aromatic N) is 2. The van der Waals surface area contributed by atoms with E-state index in [9.17, 15) is 14.7 Å². The van der Waals surface area contributed by atoms with Crippen molar-refractivity contribution in [3.63, 3.8) is 0 Å². The number of amides is 1. The minimum absolute atomic E-state index is 0.285. The molecule has 0 aliphatic carbocycles. The van der Waals surface area contributed by atoms with Gasteiger partial charge in [0.2, 0.25) is 5.91 Å². The minimum Gasteiger partial charge on any atom is -0.477 e. The molecule has 1 spiro atoms. The molecule has 0 unspecified atom stereocenters. The van der Waals surface area contributed by atoms with E-state index in [1.165, 1.54) is 16.2 Å². The van der Waals surface area contributed by atoms with E-state index in [0.717, 1.165) is 64.0 Å². The number of carboxylic acid groups (broad SMARTS) is 1. The number of ether oxygens (including phenoxy) is 1. The number of thiophene rings is 1. The second-order valence-electron chi connectivity index (χ2n) is 7.17. The molecule has 7 heteroatoms. The molecule has 2 saturated heterocycles. The lowest BCUT2D eigenvalue weighted by Gasteiger charge is -2.44. The van der Waals surface area contributed by atoms with E-state index < -0.39 is 5.97 Å². The van der Waals surface area contributed by atoms with Gasteiger partial charge in [0.25, 0.3) is 0 Å². The Morgan fingerprint density at radius 2 is 2.04 bits per heavy atom. The summed E-state index contributed by atoms with van der Waals surface area (Å²) in [6, 6.07) is 1.83. The van der Waals surface area contributed by atoms with E-state index in [1.807, 2.05) is 11.0 Å². The number of carbonyl (C=O) groups excluding carboxylic acids is 1. The summed E-state index contributed by atoms with van der Waals surface area (Å²) in [5, 5.41) is 9.29. The van der Waals surface area contributed by atoms with Crippen LogP contribution in [0.1, 0.15) is 45.8 Å². The summed E-state index contributed by atoms with van der Waals surface area (Å²) in [7, 11) is 0. The van der Waals surface area contributed by atoms with E-state index in [4.69, 9.17) is 4.74 Å². The molecule has 1 amide bonds. The van der Waals surface area contributed by atoms with Gasteiger partial charge in [-0.15, -0.1) is 11.3 Å². The number of carboxylic acids is 1. The fourth-order valence-electron chi connectivity index (χ4n) is 4.28. The predicted molar refractivity (Wildman–Crippen MR) is 94.1 cm³/mol. The molecule has 25 heavy (non-hydrogen) atoms. The molecule has 0 radical (unpaired) electrons. The lowest BCUT2D eigenvalue weighted by molar-refractivity contribution is -0.128. The van der Waals surface area contributed by atoms with Crippen molar-refractivity contribution in [2.75, 3.05) is 39.3 Å². The Morgan fingerprint density at radius 1 is 1.24 bits per heavy atom. The van der Waals surface area contributed by atoms with Gasteiger partial charge in [0.1, 0.15) is 4.88 Å². The number of piperidine rings is 1. The zero-order chi connectivity index (χ0) is 17.4. The van der Waals surface area contributed by atoms with Crippen molar-refractivity contribution in [1.82, 2.24) is 9.80 Å². The summed E-state index contributed by atoms with van der Waals surface area (Å²) in [4.78, 5) is 29.0. The van der Waals surface area contributed by atoms with Crippen molar-refractivity contribution < 1.29 is 19.4 Å². The third-order valence-corrected chi connectivity index (χ3v) is 6.92. The Bertz CT molecular complexity index is 679. The van der Waals surface area contributed by atoms with Gasteiger partial charge in [0, 0.05) is 50.4 Å². The van der Waals surface area contributed by atoms with Crippen LogP contribution < -0.4 is 0 Å². The molecule has 1 aromatic rings. The molecule has 0 atom stereocenters. The van der Waals surface area contributed by atoms with Crippen LogP contribution in [-0.2, 0) is 21.6 Å². The molecule has 0 bridgehead atoms. The van der Waals surface area contributed by atoms with Crippen molar-refractivity contribution in [1.29, 1.82) is 0 Å². The maximum absolute atomic E-state index is 11.7. The number of rotatable bonds is 4. The Balaban J connectivity index is 1.40. The van der Waals surface area contributed by atoms with Crippen molar-refractivity contribution in [2.24, 2.45) is 0 Å². The highest BCUT2D eigenvalue weighted by atomic mass is 32.1. The van der Waals surface area contributed by atoms with Crippen molar-refractivity contribution >= 4 is 23.2 Å². The molecular formula is C18H24N2O4S. The fourth-order valence-corrected chi connectivity index (χ4v) is 5.35. The summed E-state index contributed by atoms with van der Waals surface area (Å²) >= 11 is 1.40. The van der Waals surface area contributed by atoms with Gasteiger partial charge in [0.15, 0.2) is 0 Å².